The number of aryl methyl sites for hydroxylation is 1. The summed E-state index contributed by atoms with van der Waals surface area (Å²) in [7, 11) is -4.70. The van der Waals surface area contributed by atoms with Gasteiger partial charge in [-0.2, -0.15) is 8.42 Å². The highest BCUT2D eigenvalue weighted by Crippen LogP contribution is 2.13. The molecule has 1 aromatic heterocycles. The molecule has 0 saturated heterocycles. The van der Waals surface area contributed by atoms with Gasteiger partial charge in [0.2, 0.25) is 0 Å². The first-order valence-corrected chi connectivity index (χ1v) is 8.28. The van der Waals surface area contributed by atoms with E-state index in [1.807, 2.05) is 18.2 Å². The molecule has 0 atom stereocenters. The Labute approximate surface area is 134 Å². The Morgan fingerprint density at radius 2 is 1.74 bits per heavy atom. The summed E-state index contributed by atoms with van der Waals surface area (Å²) in [5, 5.41) is 3.15. The maximum Gasteiger partial charge on any atom is 0.476 e. The average molecular weight is 339 g/mol. The molecule has 9 heteroatoms. The summed E-state index contributed by atoms with van der Waals surface area (Å²) in [6, 6.07) is 13.0. The fourth-order valence-electron chi connectivity index (χ4n) is 2.08. The monoisotopic (exact) mass is 339 g/mol. The minimum absolute atomic E-state index is 0.0619. The standard InChI is InChI=1S/C14H18N4O4S/c15-13-9-12(10-14(16)18(13)22-23(19,20)21)17-8-4-7-11-5-2-1-3-6-11/h1-3,5-6,9-10H,4,7-8H2,(H5,15,16,17,19,20,21)/p+1. The fourth-order valence-corrected chi connectivity index (χ4v) is 2.44. The molecule has 1 heterocycles. The van der Waals surface area contributed by atoms with Crippen LogP contribution in [-0.2, 0) is 16.8 Å². The third-order valence-corrected chi connectivity index (χ3v) is 3.40. The van der Waals surface area contributed by atoms with Crippen molar-refractivity contribution < 1.29 is 22.0 Å². The molecule has 23 heavy (non-hydrogen) atoms. The van der Waals surface area contributed by atoms with Gasteiger partial charge in [-0.3, -0.25) is 4.55 Å². The zero-order valence-electron chi connectivity index (χ0n) is 12.3. The summed E-state index contributed by atoms with van der Waals surface area (Å²) in [5.41, 5.74) is 13.2. The van der Waals surface area contributed by atoms with E-state index in [4.69, 9.17) is 16.0 Å². The molecule has 0 radical (unpaired) electrons. The quantitative estimate of drug-likeness (QED) is 0.326. The summed E-state index contributed by atoms with van der Waals surface area (Å²) in [4.78, 5) is 0. The van der Waals surface area contributed by atoms with Crippen LogP contribution in [0.3, 0.4) is 0 Å². The van der Waals surface area contributed by atoms with Gasteiger partial charge in [-0.1, -0.05) is 30.3 Å². The third kappa shape index (κ3) is 5.31. The Morgan fingerprint density at radius 1 is 1.13 bits per heavy atom. The molecule has 0 unspecified atom stereocenters. The normalized spacial score (nSPS) is 11.2. The molecule has 0 saturated carbocycles. The Balaban J connectivity index is 1.93. The third-order valence-electron chi connectivity index (χ3n) is 3.06. The fraction of sp³-hybridized carbons (Fsp3) is 0.214. The van der Waals surface area contributed by atoms with Crippen LogP contribution in [0.25, 0.3) is 0 Å². The molecule has 0 spiro atoms. The van der Waals surface area contributed by atoms with Gasteiger partial charge >= 0.3 is 10.4 Å². The van der Waals surface area contributed by atoms with Crippen LogP contribution in [0.5, 0.6) is 0 Å². The van der Waals surface area contributed by atoms with Gasteiger partial charge in [-0.05, 0) is 23.1 Å². The predicted octanol–water partition coefficient (Wildman–Crippen LogP) is 0.415. The zero-order valence-corrected chi connectivity index (χ0v) is 13.2. The van der Waals surface area contributed by atoms with Gasteiger partial charge in [0.1, 0.15) is 0 Å². The van der Waals surface area contributed by atoms with Crippen LogP contribution in [0.4, 0.5) is 17.3 Å². The van der Waals surface area contributed by atoms with E-state index in [0.29, 0.717) is 17.0 Å². The van der Waals surface area contributed by atoms with Crippen LogP contribution < -0.4 is 25.8 Å². The number of nitrogens with one attached hydrogen (secondary N) is 1. The molecule has 0 fully saturated rings. The summed E-state index contributed by atoms with van der Waals surface area (Å²) in [5.74, 6) is -0.124. The molecule has 0 aliphatic rings. The Kier molecular flexibility index (Phi) is 5.24. The van der Waals surface area contributed by atoms with Gasteiger partial charge in [0.05, 0.1) is 0 Å². The van der Waals surface area contributed by atoms with E-state index in [-0.39, 0.29) is 11.6 Å². The second-order valence-electron chi connectivity index (χ2n) is 4.91. The number of rotatable bonds is 7. The van der Waals surface area contributed by atoms with Crippen molar-refractivity contribution in [1.82, 2.24) is 0 Å². The van der Waals surface area contributed by atoms with Gasteiger partial charge in [-0.15, -0.1) is 0 Å². The maximum absolute atomic E-state index is 10.7. The number of pyridine rings is 1. The summed E-state index contributed by atoms with van der Waals surface area (Å²) in [6.07, 6.45) is 1.83. The van der Waals surface area contributed by atoms with Gasteiger partial charge < -0.3 is 16.8 Å². The smallest absolute Gasteiger partial charge is 0.385 e. The highest BCUT2D eigenvalue weighted by atomic mass is 32.3. The average Bonchev–Trinajstić information content (AvgIpc) is 2.48. The molecule has 6 N–H and O–H groups in total. The number of anilines is 3. The summed E-state index contributed by atoms with van der Waals surface area (Å²) < 4.78 is 35.0. The first kappa shape index (κ1) is 16.8. The largest absolute Gasteiger partial charge is 0.476 e. The van der Waals surface area contributed by atoms with E-state index in [9.17, 15) is 8.42 Å². The maximum atomic E-state index is 10.7. The van der Waals surface area contributed by atoms with E-state index in [1.165, 1.54) is 17.7 Å². The van der Waals surface area contributed by atoms with E-state index in [2.05, 4.69) is 21.7 Å². The molecule has 0 aliphatic carbocycles. The summed E-state index contributed by atoms with van der Waals surface area (Å²) >= 11 is 0. The van der Waals surface area contributed by atoms with Gasteiger partial charge in [0.25, 0.3) is 11.6 Å². The van der Waals surface area contributed by atoms with E-state index >= 15 is 0 Å². The van der Waals surface area contributed by atoms with Crippen molar-refractivity contribution in [2.75, 3.05) is 23.3 Å². The molecular formula is C14H19N4O4S+. The number of aromatic nitrogens is 1. The molecule has 124 valence electrons. The lowest BCUT2D eigenvalue weighted by atomic mass is 10.1. The lowest BCUT2D eigenvalue weighted by Crippen LogP contribution is -2.49. The van der Waals surface area contributed by atoms with Crippen LogP contribution >= 0.6 is 0 Å². The van der Waals surface area contributed by atoms with Crippen LogP contribution in [0.15, 0.2) is 42.5 Å². The molecule has 0 bridgehead atoms. The van der Waals surface area contributed by atoms with Crippen LogP contribution in [-0.4, -0.2) is 19.5 Å². The lowest BCUT2D eigenvalue weighted by molar-refractivity contribution is -0.833. The number of hydrogen-bond acceptors (Lipinski definition) is 6. The number of nitrogens with two attached hydrogens (primary N) is 2. The highest BCUT2D eigenvalue weighted by molar-refractivity contribution is 7.80. The topological polar surface area (TPSA) is 132 Å². The number of hydrogen-bond donors (Lipinski definition) is 4. The molecule has 8 nitrogen and oxygen atoms in total. The zero-order chi connectivity index (χ0) is 16.9. The second-order valence-corrected chi connectivity index (χ2v) is 5.91. The van der Waals surface area contributed by atoms with Gasteiger partial charge in [0, 0.05) is 24.4 Å². The Hall–Kier alpha value is -2.52. The minimum atomic E-state index is -4.70. The molecule has 2 aromatic rings. The van der Waals surface area contributed by atoms with E-state index in [1.54, 1.807) is 0 Å². The van der Waals surface area contributed by atoms with Crippen molar-refractivity contribution in [3.8, 4) is 0 Å². The molecule has 0 aliphatic heterocycles. The number of nitrogens with zero attached hydrogens (tertiary/aromatic N) is 1. The van der Waals surface area contributed by atoms with Crippen molar-refractivity contribution in [3.05, 3.63) is 48.0 Å². The number of nitrogen functional groups attached to an aromatic ring is 2. The highest BCUT2D eigenvalue weighted by Gasteiger charge is 2.18. The van der Waals surface area contributed by atoms with Crippen LogP contribution in [0.2, 0.25) is 0 Å². The molecule has 0 amide bonds. The van der Waals surface area contributed by atoms with Crippen molar-refractivity contribution in [2.24, 2.45) is 0 Å². The predicted molar refractivity (Wildman–Crippen MR) is 86.8 cm³/mol. The minimum Gasteiger partial charge on any atom is -0.385 e. The van der Waals surface area contributed by atoms with Crippen molar-refractivity contribution in [2.45, 2.75) is 12.8 Å². The number of benzene rings is 1. The van der Waals surface area contributed by atoms with Crippen molar-refractivity contribution in [3.63, 3.8) is 0 Å². The van der Waals surface area contributed by atoms with Gasteiger partial charge in [0.15, 0.2) is 0 Å². The van der Waals surface area contributed by atoms with E-state index in [0.717, 1.165) is 12.8 Å². The first-order valence-electron chi connectivity index (χ1n) is 6.91. The van der Waals surface area contributed by atoms with Gasteiger partial charge in [-0.25, -0.2) is 4.28 Å². The lowest BCUT2D eigenvalue weighted by Gasteiger charge is -2.09. The molecule has 1 aromatic carbocycles. The SMILES string of the molecule is Nc1cc(NCCCc2ccccc2)cc(N)[n+]1OS(=O)(=O)O. The van der Waals surface area contributed by atoms with Crippen LogP contribution in [0.1, 0.15) is 12.0 Å². The Morgan fingerprint density at radius 3 is 2.30 bits per heavy atom. The van der Waals surface area contributed by atoms with E-state index < -0.39 is 10.4 Å². The van der Waals surface area contributed by atoms with Crippen molar-refractivity contribution in [1.29, 1.82) is 0 Å². The molecular weight excluding hydrogens is 320 g/mol. The second kappa shape index (κ2) is 7.16. The summed E-state index contributed by atoms with van der Waals surface area (Å²) in [6.45, 7) is 0.691. The molecule has 2 rings (SSSR count). The van der Waals surface area contributed by atoms with Crippen LogP contribution in [0, 0.1) is 0 Å². The Bertz CT molecular complexity index is 743. The van der Waals surface area contributed by atoms with Crippen molar-refractivity contribution >= 4 is 27.7 Å². The first-order chi connectivity index (χ1) is 10.8.